The molecule has 4 rings (SSSR count). The van der Waals surface area contributed by atoms with Gasteiger partial charge in [-0.25, -0.2) is 4.79 Å². The van der Waals surface area contributed by atoms with Crippen molar-refractivity contribution in [2.24, 2.45) is 0 Å². The van der Waals surface area contributed by atoms with E-state index in [1.807, 2.05) is 24.3 Å². The van der Waals surface area contributed by atoms with E-state index in [0.29, 0.717) is 12.1 Å². The normalized spacial score (nSPS) is 18.3. The Morgan fingerprint density at radius 3 is 2.81 bits per heavy atom. The SMILES string of the molecule is O=C(Nc1cccc(CN2C(=O)CNC2=O)c1)[C@@H]1Cc2ccccc2O1. The van der Waals surface area contributed by atoms with Crippen molar-refractivity contribution < 1.29 is 19.1 Å². The number of imide groups is 1. The third kappa shape index (κ3) is 3.11. The molecule has 2 N–H and O–H groups in total. The van der Waals surface area contributed by atoms with E-state index in [1.54, 1.807) is 24.3 Å². The number of nitrogens with zero attached hydrogens (tertiary/aromatic N) is 1. The fourth-order valence-electron chi connectivity index (χ4n) is 3.10. The summed E-state index contributed by atoms with van der Waals surface area (Å²) < 4.78 is 5.69. The predicted octanol–water partition coefficient (Wildman–Crippen LogP) is 1.68. The maximum Gasteiger partial charge on any atom is 0.324 e. The Hall–Kier alpha value is -3.35. The summed E-state index contributed by atoms with van der Waals surface area (Å²) in [5, 5.41) is 5.32. The molecule has 26 heavy (non-hydrogen) atoms. The van der Waals surface area contributed by atoms with E-state index < -0.39 is 12.1 Å². The second-order valence-corrected chi connectivity index (χ2v) is 6.25. The van der Waals surface area contributed by atoms with Gasteiger partial charge in [0.2, 0.25) is 5.91 Å². The quantitative estimate of drug-likeness (QED) is 0.821. The van der Waals surface area contributed by atoms with Crippen LogP contribution in [0.15, 0.2) is 48.5 Å². The highest BCUT2D eigenvalue weighted by atomic mass is 16.5. The van der Waals surface area contributed by atoms with Crippen molar-refractivity contribution in [2.75, 3.05) is 11.9 Å². The van der Waals surface area contributed by atoms with E-state index in [-0.39, 0.29) is 24.9 Å². The Morgan fingerprint density at radius 2 is 2.04 bits per heavy atom. The summed E-state index contributed by atoms with van der Waals surface area (Å²) in [6, 6.07) is 14.3. The Bertz CT molecular complexity index is 855. The number of carbonyl (C=O) groups is 3. The second-order valence-electron chi connectivity index (χ2n) is 6.25. The van der Waals surface area contributed by atoms with Crippen molar-refractivity contribution in [2.45, 2.75) is 19.1 Å². The number of amides is 4. The Kier molecular flexibility index (Phi) is 4.04. The van der Waals surface area contributed by atoms with Gasteiger partial charge in [0.25, 0.3) is 5.91 Å². The summed E-state index contributed by atoms with van der Waals surface area (Å²) in [6.07, 6.45) is -0.0357. The highest BCUT2D eigenvalue weighted by Gasteiger charge is 2.30. The number of hydrogen-bond donors (Lipinski definition) is 2. The van der Waals surface area contributed by atoms with Gasteiger partial charge in [-0.1, -0.05) is 30.3 Å². The van der Waals surface area contributed by atoms with Crippen LogP contribution in [-0.2, 0) is 22.6 Å². The molecule has 0 bridgehead atoms. The fourth-order valence-corrected chi connectivity index (χ4v) is 3.10. The Balaban J connectivity index is 1.42. The molecule has 0 aliphatic carbocycles. The molecule has 4 amide bonds. The van der Waals surface area contributed by atoms with Gasteiger partial charge in [-0.05, 0) is 29.3 Å². The largest absolute Gasteiger partial charge is 0.480 e. The van der Waals surface area contributed by atoms with Gasteiger partial charge in [-0.3, -0.25) is 14.5 Å². The third-order valence-electron chi connectivity index (χ3n) is 4.41. The van der Waals surface area contributed by atoms with Gasteiger partial charge in [-0.2, -0.15) is 0 Å². The first-order valence-electron chi connectivity index (χ1n) is 8.33. The van der Waals surface area contributed by atoms with Crippen LogP contribution in [0.4, 0.5) is 10.5 Å². The number of carbonyl (C=O) groups excluding carboxylic acids is 3. The molecule has 1 saturated heterocycles. The van der Waals surface area contributed by atoms with E-state index in [2.05, 4.69) is 10.6 Å². The third-order valence-corrected chi connectivity index (χ3v) is 4.41. The van der Waals surface area contributed by atoms with Crippen LogP contribution in [0, 0.1) is 0 Å². The van der Waals surface area contributed by atoms with E-state index >= 15 is 0 Å². The molecule has 7 heteroatoms. The number of hydrogen-bond acceptors (Lipinski definition) is 4. The lowest BCUT2D eigenvalue weighted by atomic mass is 10.1. The zero-order valence-corrected chi connectivity index (χ0v) is 13.9. The zero-order valence-electron chi connectivity index (χ0n) is 13.9. The van der Waals surface area contributed by atoms with Crippen LogP contribution in [0.25, 0.3) is 0 Å². The maximum absolute atomic E-state index is 12.5. The molecule has 2 heterocycles. The first-order valence-corrected chi connectivity index (χ1v) is 8.33. The summed E-state index contributed by atoms with van der Waals surface area (Å²) in [5.74, 6) is 0.245. The average molecular weight is 351 g/mol. The summed E-state index contributed by atoms with van der Waals surface area (Å²) >= 11 is 0. The number of anilines is 1. The lowest BCUT2D eigenvalue weighted by Gasteiger charge is -2.14. The fraction of sp³-hybridized carbons (Fsp3) is 0.211. The number of rotatable bonds is 4. The Morgan fingerprint density at radius 1 is 1.19 bits per heavy atom. The van der Waals surface area contributed by atoms with E-state index in [9.17, 15) is 14.4 Å². The van der Waals surface area contributed by atoms with Crippen LogP contribution in [0.1, 0.15) is 11.1 Å². The molecule has 1 fully saturated rings. The molecular formula is C19H17N3O4. The molecule has 2 aromatic carbocycles. The molecule has 2 aliphatic heterocycles. The van der Waals surface area contributed by atoms with Crippen LogP contribution < -0.4 is 15.4 Å². The minimum atomic E-state index is -0.568. The molecule has 0 unspecified atom stereocenters. The van der Waals surface area contributed by atoms with Gasteiger partial charge in [0.15, 0.2) is 6.10 Å². The van der Waals surface area contributed by atoms with Crippen molar-refractivity contribution in [3.63, 3.8) is 0 Å². The number of fused-ring (bicyclic) bond motifs is 1. The second kappa shape index (κ2) is 6.51. The first kappa shape index (κ1) is 16.1. The summed E-state index contributed by atoms with van der Waals surface area (Å²) in [5.41, 5.74) is 2.36. The van der Waals surface area contributed by atoms with Crippen molar-refractivity contribution in [3.05, 3.63) is 59.7 Å². The molecule has 2 aliphatic rings. The number of urea groups is 1. The molecular weight excluding hydrogens is 334 g/mol. The van der Waals surface area contributed by atoms with Crippen molar-refractivity contribution in [1.82, 2.24) is 10.2 Å². The highest BCUT2D eigenvalue weighted by Crippen LogP contribution is 2.28. The molecule has 0 saturated carbocycles. The van der Waals surface area contributed by atoms with Crippen LogP contribution >= 0.6 is 0 Å². The van der Waals surface area contributed by atoms with E-state index in [1.165, 1.54) is 0 Å². The summed E-state index contributed by atoms with van der Waals surface area (Å²) in [7, 11) is 0. The van der Waals surface area contributed by atoms with Gasteiger partial charge in [0, 0.05) is 12.1 Å². The van der Waals surface area contributed by atoms with E-state index in [4.69, 9.17) is 4.74 Å². The van der Waals surface area contributed by atoms with Gasteiger partial charge < -0.3 is 15.4 Å². The average Bonchev–Trinajstić information content (AvgIpc) is 3.21. The number of ether oxygens (including phenoxy) is 1. The number of nitrogens with one attached hydrogen (secondary N) is 2. The van der Waals surface area contributed by atoms with Crippen LogP contribution in [0.2, 0.25) is 0 Å². The summed E-state index contributed by atoms with van der Waals surface area (Å²) in [6.45, 7) is 0.189. The highest BCUT2D eigenvalue weighted by molar-refractivity contribution is 6.02. The molecule has 7 nitrogen and oxygen atoms in total. The number of para-hydroxylation sites is 1. The van der Waals surface area contributed by atoms with Crippen molar-refractivity contribution in [1.29, 1.82) is 0 Å². The van der Waals surface area contributed by atoms with Crippen molar-refractivity contribution in [3.8, 4) is 5.75 Å². The van der Waals surface area contributed by atoms with Crippen LogP contribution in [-0.4, -0.2) is 35.4 Å². The smallest absolute Gasteiger partial charge is 0.324 e. The lowest BCUT2D eigenvalue weighted by Crippen LogP contribution is -2.32. The maximum atomic E-state index is 12.5. The molecule has 0 spiro atoms. The predicted molar refractivity (Wildman–Crippen MR) is 93.6 cm³/mol. The standard InChI is InChI=1S/C19H17N3O4/c23-17-10-20-19(25)22(17)11-12-4-3-6-14(8-12)21-18(24)16-9-13-5-1-2-7-15(13)26-16/h1-8,16H,9-11H2,(H,20,25)(H,21,24)/t16-/m0/s1. The van der Waals surface area contributed by atoms with Gasteiger partial charge in [0.05, 0.1) is 13.1 Å². The van der Waals surface area contributed by atoms with Gasteiger partial charge in [0.1, 0.15) is 5.75 Å². The monoisotopic (exact) mass is 351 g/mol. The van der Waals surface area contributed by atoms with Crippen LogP contribution in [0.5, 0.6) is 5.75 Å². The van der Waals surface area contributed by atoms with Gasteiger partial charge in [-0.15, -0.1) is 0 Å². The molecule has 2 aromatic rings. The molecule has 1 atom stereocenters. The molecule has 132 valence electrons. The Labute approximate surface area is 149 Å². The zero-order chi connectivity index (χ0) is 18.1. The minimum absolute atomic E-state index is 0.0227. The van der Waals surface area contributed by atoms with E-state index in [0.717, 1.165) is 21.8 Å². The van der Waals surface area contributed by atoms with Crippen molar-refractivity contribution >= 4 is 23.5 Å². The topological polar surface area (TPSA) is 87.7 Å². The van der Waals surface area contributed by atoms with Crippen LogP contribution in [0.3, 0.4) is 0 Å². The van der Waals surface area contributed by atoms with Gasteiger partial charge >= 0.3 is 6.03 Å². The summed E-state index contributed by atoms with van der Waals surface area (Å²) in [4.78, 5) is 37.0. The first-order chi connectivity index (χ1) is 12.6. The number of benzene rings is 2. The minimum Gasteiger partial charge on any atom is -0.480 e. The molecule has 0 radical (unpaired) electrons. The molecule has 0 aromatic heterocycles. The lowest BCUT2D eigenvalue weighted by molar-refractivity contribution is -0.125.